The third-order valence-electron chi connectivity index (χ3n) is 3.30. The van der Waals surface area contributed by atoms with Gasteiger partial charge in [0.05, 0.1) is 23.1 Å². The van der Waals surface area contributed by atoms with Crippen molar-refractivity contribution in [3.05, 3.63) is 33.6 Å². The third kappa shape index (κ3) is 4.22. The normalized spacial score (nSPS) is 13.6. The van der Waals surface area contributed by atoms with Crippen molar-refractivity contribution in [3.8, 4) is 0 Å². The van der Waals surface area contributed by atoms with Crippen molar-refractivity contribution >= 4 is 34.8 Å². The van der Waals surface area contributed by atoms with Crippen LogP contribution in [-0.2, 0) is 0 Å². The van der Waals surface area contributed by atoms with Crippen molar-refractivity contribution in [2.45, 2.75) is 32.4 Å². The highest BCUT2D eigenvalue weighted by atomic mass is 35.5. The van der Waals surface area contributed by atoms with Crippen LogP contribution in [0.25, 0.3) is 0 Å². The molecule has 3 N–H and O–H groups in total. The van der Waals surface area contributed by atoms with Crippen LogP contribution in [0.3, 0.4) is 0 Å². The molecule has 6 nitrogen and oxygen atoms in total. The molecule has 0 fully saturated rings. The molecule has 120 valence electrons. The van der Waals surface area contributed by atoms with Crippen LogP contribution in [0.1, 0.15) is 37.3 Å². The molecule has 0 aliphatic rings. The Morgan fingerprint density at radius 1 is 1.50 bits per heavy atom. The number of aliphatic hydroxyl groups excluding tert-OH is 1. The first kappa shape index (κ1) is 16.8. The Labute approximate surface area is 138 Å². The van der Waals surface area contributed by atoms with Gasteiger partial charge in [-0.3, -0.25) is 5.32 Å². The van der Waals surface area contributed by atoms with E-state index in [1.54, 1.807) is 29.1 Å². The topological polar surface area (TPSA) is 79.2 Å². The molecule has 0 aromatic carbocycles. The second kappa shape index (κ2) is 7.62. The lowest BCUT2D eigenvalue weighted by Gasteiger charge is -2.15. The fourth-order valence-corrected chi connectivity index (χ4v) is 2.94. The van der Waals surface area contributed by atoms with Crippen molar-refractivity contribution in [3.63, 3.8) is 0 Å². The summed E-state index contributed by atoms with van der Waals surface area (Å²) in [5.74, 6) is 0.625. The minimum Gasteiger partial charge on any atom is -0.386 e. The molecule has 0 spiro atoms. The summed E-state index contributed by atoms with van der Waals surface area (Å²) in [7, 11) is 0. The number of carbonyl (C=O) groups excluding carboxylic acids is 1. The summed E-state index contributed by atoms with van der Waals surface area (Å²) in [6, 6.07) is 5.02. The van der Waals surface area contributed by atoms with Crippen LogP contribution in [-0.4, -0.2) is 27.5 Å². The summed E-state index contributed by atoms with van der Waals surface area (Å²) in [5, 5.41) is 19.5. The number of rotatable bonds is 6. The number of aromatic nitrogens is 2. The minimum absolute atomic E-state index is 0.111. The number of anilines is 1. The highest BCUT2D eigenvalue weighted by Gasteiger charge is 2.14. The Kier molecular flexibility index (Phi) is 5.82. The predicted molar refractivity (Wildman–Crippen MR) is 88.5 cm³/mol. The molecule has 0 saturated carbocycles. The lowest BCUT2D eigenvalue weighted by molar-refractivity contribution is 0.178. The molecule has 8 heteroatoms. The molecule has 2 atom stereocenters. The fraction of sp³-hybridized carbons (Fsp3) is 0.429. The maximum atomic E-state index is 11.9. The van der Waals surface area contributed by atoms with E-state index >= 15 is 0 Å². The third-order valence-corrected chi connectivity index (χ3v) is 4.63. The van der Waals surface area contributed by atoms with Gasteiger partial charge in [-0.1, -0.05) is 18.5 Å². The van der Waals surface area contributed by atoms with Gasteiger partial charge in [0.1, 0.15) is 11.9 Å². The first-order valence-corrected chi connectivity index (χ1v) is 8.22. The van der Waals surface area contributed by atoms with Gasteiger partial charge in [-0.2, -0.15) is 5.10 Å². The van der Waals surface area contributed by atoms with Gasteiger partial charge < -0.3 is 10.4 Å². The van der Waals surface area contributed by atoms with Gasteiger partial charge in [0, 0.05) is 10.9 Å². The van der Waals surface area contributed by atoms with Crippen molar-refractivity contribution in [1.82, 2.24) is 15.1 Å². The largest absolute Gasteiger partial charge is 0.386 e. The molecule has 0 aliphatic heterocycles. The quantitative estimate of drug-likeness (QED) is 0.752. The first-order chi connectivity index (χ1) is 10.5. The Balaban J connectivity index is 1.87. The van der Waals surface area contributed by atoms with E-state index in [0.717, 1.165) is 11.3 Å². The monoisotopic (exact) mass is 342 g/mol. The van der Waals surface area contributed by atoms with E-state index in [0.29, 0.717) is 10.2 Å². The van der Waals surface area contributed by atoms with Crippen molar-refractivity contribution in [2.24, 2.45) is 0 Å². The van der Waals surface area contributed by atoms with Gasteiger partial charge >= 0.3 is 6.03 Å². The van der Waals surface area contributed by atoms with Crippen LogP contribution in [0, 0.1) is 0 Å². The highest BCUT2D eigenvalue weighted by Crippen LogP contribution is 2.26. The molecule has 2 aromatic rings. The lowest BCUT2D eigenvalue weighted by atomic mass is 10.3. The van der Waals surface area contributed by atoms with E-state index in [-0.39, 0.29) is 18.6 Å². The number of amides is 2. The van der Waals surface area contributed by atoms with Crippen LogP contribution in [0.15, 0.2) is 24.4 Å². The molecule has 0 bridgehead atoms. The minimum atomic E-state index is -0.775. The van der Waals surface area contributed by atoms with E-state index < -0.39 is 6.10 Å². The van der Waals surface area contributed by atoms with Crippen LogP contribution in [0.5, 0.6) is 0 Å². The van der Waals surface area contributed by atoms with Crippen LogP contribution >= 0.6 is 22.9 Å². The van der Waals surface area contributed by atoms with Gasteiger partial charge in [-0.15, -0.1) is 11.3 Å². The molecular weight excluding hydrogens is 324 g/mol. The molecule has 2 unspecified atom stereocenters. The zero-order valence-electron chi connectivity index (χ0n) is 12.4. The molecule has 0 aliphatic carbocycles. The van der Waals surface area contributed by atoms with Crippen LogP contribution < -0.4 is 10.6 Å². The smallest absolute Gasteiger partial charge is 0.320 e. The average Bonchev–Trinajstić information content (AvgIpc) is 3.13. The summed E-state index contributed by atoms with van der Waals surface area (Å²) >= 11 is 7.11. The number of hydrogen-bond acceptors (Lipinski definition) is 4. The van der Waals surface area contributed by atoms with E-state index in [9.17, 15) is 9.90 Å². The standard InChI is InChI=1S/C14H19ClN4O2S/c1-3-9(2)19-13(6-7-17-19)18-14(21)16-8-10(20)11-4-5-12(15)22-11/h4-7,9-10,20H,3,8H2,1-2H3,(H2,16,18,21). The molecule has 0 radical (unpaired) electrons. The van der Waals surface area contributed by atoms with Crippen molar-refractivity contribution < 1.29 is 9.90 Å². The predicted octanol–water partition coefficient (Wildman–Crippen LogP) is 3.42. The molecule has 0 saturated heterocycles. The zero-order chi connectivity index (χ0) is 16.1. The fourth-order valence-electron chi connectivity index (χ4n) is 1.90. The molecule has 2 heterocycles. The number of aliphatic hydroxyl groups is 1. The van der Waals surface area contributed by atoms with E-state index in [2.05, 4.69) is 22.7 Å². The van der Waals surface area contributed by atoms with Gasteiger partial charge in [0.15, 0.2) is 0 Å². The van der Waals surface area contributed by atoms with Gasteiger partial charge in [-0.05, 0) is 25.5 Å². The number of nitrogens with zero attached hydrogens (tertiary/aromatic N) is 2. The number of urea groups is 1. The lowest BCUT2D eigenvalue weighted by Crippen LogP contribution is -2.33. The molecule has 2 amide bonds. The van der Waals surface area contributed by atoms with E-state index in [1.165, 1.54) is 11.3 Å². The summed E-state index contributed by atoms with van der Waals surface area (Å²) < 4.78 is 2.37. The maximum absolute atomic E-state index is 11.9. The second-order valence-corrected chi connectivity index (χ2v) is 6.66. The highest BCUT2D eigenvalue weighted by molar-refractivity contribution is 7.16. The molecule has 2 aromatic heterocycles. The molecule has 2 rings (SSSR count). The Bertz CT molecular complexity index is 628. The van der Waals surface area contributed by atoms with Gasteiger partial charge in [-0.25, -0.2) is 9.48 Å². The summed E-state index contributed by atoms with van der Waals surface area (Å²) in [6.07, 6.45) is 1.78. The van der Waals surface area contributed by atoms with E-state index in [1.807, 2.05) is 6.92 Å². The molecule has 22 heavy (non-hydrogen) atoms. The average molecular weight is 343 g/mol. The first-order valence-electron chi connectivity index (χ1n) is 7.03. The van der Waals surface area contributed by atoms with E-state index in [4.69, 9.17) is 11.6 Å². The Hall–Kier alpha value is -1.57. The number of carbonyl (C=O) groups is 1. The van der Waals surface area contributed by atoms with Gasteiger partial charge in [0.2, 0.25) is 0 Å². The van der Waals surface area contributed by atoms with Gasteiger partial charge in [0.25, 0.3) is 0 Å². The number of hydrogen-bond donors (Lipinski definition) is 3. The van der Waals surface area contributed by atoms with Crippen LogP contribution in [0.4, 0.5) is 10.6 Å². The number of halogens is 1. The Morgan fingerprint density at radius 2 is 2.27 bits per heavy atom. The molecular formula is C14H19ClN4O2S. The summed E-state index contributed by atoms with van der Waals surface area (Å²) in [4.78, 5) is 12.6. The summed E-state index contributed by atoms with van der Waals surface area (Å²) in [5.41, 5.74) is 0. The number of nitrogens with one attached hydrogen (secondary N) is 2. The SMILES string of the molecule is CCC(C)n1nccc1NC(=O)NCC(O)c1ccc(Cl)s1. The van der Waals surface area contributed by atoms with Crippen LogP contribution in [0.2, 0.25) is 4.34 Å². The van der Waals surface area contributed by atoms with Crippen molar-refractivity contribution in [2.75, 3.05) is 11.9 Å². The number of thiophene rings is 1. The summed E-state index contributed by atoms with van der Waals surface area (Å²) in [6.45, 7) is 4.19. The van der Waals surface area contributed by atoms with Crippen molar-refractivity contribution in [1.29, 1.82) is 0 Å². The Morgan fingerprint density at radius 3 is 2.91 bits per heavy atom. The second-order valence-electron chi connectivity index (χ2n) is 4.91. The zero-order valence-corrected chi connectivity index (χ0v) is 14.0. The maximum Gasteiger partial charge on any atom is 0.320 e.